The SMILES string of the molecule is CCCCOCC(=O)NCCCN1CCNCC1.Cl. The largest absolute Gasteiger partial charge is 0.372 e. The van der Waals surface area contributed by atoms with Crippen LogP contribution < -0.4 is 10.6 Å². The molecule has 1 aliphatic rings. The van der Waals surface area contributed by atoms with E-state index in [-0.39, 0.29) is 24.9 Å². The summed E-state index contributed by atoms with van der Waals surface area (Å²) in [5, 5.41) is 6.22. The Hall–Kier alpha value is -0.360. The van der Waals surface area contributed by atoms with E-state index in [2.05, 4.69) is 22.5 Å². The van der Waals surface area contributed by atoms with E-state index in [0.29, 0.717) is 6.61 Å². The van der Waals surface area contributed by atoms with E-state index in [9.17, 15) is 4.79 Å². The first-order valence-corrected chi connectivity index (χ1v) is 7.10. The van der Waals surface area contributed by atoms with E-state index in [0.717, 1.165) is 58.5 Å². The summed E-state index contributed by atoms with van der Waals surface area (Å²) >= 11 is 0. The number of unbranched alkanes of at least 4 members (excludes halogenated alkanes) is 1. The van der Waals surface area contributed by atoms with Gasteiger partial charge in [0.2, 0.25) is 5.91 Å². The molecule has 1 heterocycles. The second-order valence-corrected chi connectivity index (χ2v) is 4.70. The number of carbonyl (C=O) groups is 1. The fraction of sp³-hybridized carbons (Fsp3) is 0.923. The van der Waals surface area contributed by atoms with Crippen molar-refractivity contribution in [1.82, 2.24) is 15.5 Å². The number of piperazine rings is 1. The molecule has 2 N–H and O–H groups in total. The number of halogens is 1. The summed E-state index contributed by atoms with van der Waals surface area (Å²) in [5.41, 5.74) is 0. The Bertz CT molecular complexity index is 224. The maximum atomic E-state index is 11.4. The Morgan fingerprint density at radius 1 is 1.32 bits per heavy atom. The van der Waals surface area contributed by atoms with Gasteiger partial charge in [0.05, 0.1) is 0 Å². The van der Waals surface area contributed by atoms with Gasteiger partial charge in [0.25, 0.3) is 0 Å². The predicted octanol–water partition coefficient (Wildman–Crippen LogP) is 0.636. The highest BCUT2D eigenvalue weighted by atomic mass is 35.5. The third-order valence-corrected chi connectivity index (χ3v) is 3.06. The molecule has 1 rings (SSSR count). The summed E-state index contributed by atoms with van der Waals surface area (Å²) in [5.74, 6) is 0.00594. The molecule has 0 aromatic heterocycles. The summed E-state index contributed by atoms with van der Waals surface area (Å²) in [4.78, 5) is 13.8. The van der Waals surface area contributed by atoms with Crippen LogP contribution in [0.25, 0.3) is 0 Å². The van der Waals surface area contributed by atoms with Crippen LogP contribution in [0.4, 0.5) is 0 Å². The second kappa shape index (κ2) is 12.7. The lowest BCUT2D eigenvalue weighted by molar-refractivity contribution is -0.125. The third kappa shape index (κ3) is 10.1. The summed E-state index contributed by atoms with van der Waals surface area (Å²) in [6.07, 6.45) is 3.14. The molecule has 1 saturated heterocycles. The lowest BCUT2D eigenvalue weighted by Crippen LogP contribution is -2.44. The van der Waals surface area contributed by atoms with Crippen molar-refractivity contribution in [2.45, 2.75) is 26.2 Å². The number of hydrogen-bond acceptors (Lipinski definition) is 4. The van der Waals surface area contributed by atoms with Crippen molar-refractivity contribution in [3.63, 3.8) is 0 Å². The highest BCUT2D eigenvalue weighted by Gasteiger charge is 2.08. The van der Waals surface area contributed by atoms with Gasteiger partial charge in [0.15, 0.2) is 0 Å². The molecule has 0 saturated carbocycles. The molecule has 0 aliphatic carbocycles. The Balaban J connectivity index is 0.00000324. The van der Waals surface area contributed by atoms with Gasteiger partial charge in [0, 0.05) is 39.3 Å². The standard InChI is InChI=1S/C13H27N3O2.ClH/c1-2-3-11-18-12-13(17)15-5-4-8-16-9-6-14-7-10-16;/h14H,2-12H2,1H3,(H,15,17);1H. The van der Waals surface area contributed by atoms with E-state index in [4.69, 9.17) is 4.74 Å². The highest BCUT2D eigenvalue weighted by Crippen LogP contribution is 1.93. The average molecular weight is 294 g/mol. The summed E-state index contributed by atoms with van der Waals surface area (Å²) in [6, 6.07) is 0. The van der Waals surface area contributed by atoms with E-state index in [1.807, 2.05) is 0 Å². The molecule has 0 unspecified atom stereocenters. The quantitative estimate of drug-likeness (QED) is 0.613. The molecule has 1 amide bonds. The molecule has 6 heteroatoms. The normalized spacial score (nSPS) is 15.8. The Morgan fingerprint density at radius 2 is 2.05 bits per heavy atom. The van der Waals surface area contributed by atoms with Crippen molar-refractivity contribution < 1.29 is 9.53 Å². The van der Waals surface area contributed by atoms with Crippen molar-refractivity contribution in [3.8, 4) is 0 Å². The van der Waals surface area contributed by atoms with Crippen molar-refractivity contribution in [3.05, 3.63) is 0 Å². The van der Waals surface area contributed by atoms with Crippen LogP contribution in [0.1, 0.15) is 26.2 Å². The third-order valence-electron chi connectivity index (χ3n) is 3.06. The smallest absolute Gasteiger partial charge is 0.245 e. The number of carbonyl (C=O) groups excluding carboxylic acids is 1. The van der Waals surface area contributed by atoms with Crippen LogP contribution in [0.3, 0.4) is 0 Å². The molecular formula is C13H28ClN3O2. The summed E-state index contributed by atoms with van der Waals surface area (Å²) < 4.78 is 5.25. The van der Waals surface area contributed by atoms with E-state index in [1.54, 1.807) is 0 Å². The van der Waals surface area contributed by atoms with Gasteiger partial charge in [-0.25, -0.2) is 0 Å². The van der Waals surface area contributed by atoms with Crippen molar-refractivity contribution in [2.75, 3.05) is 52.5 Å². The van der Waals surface area contributed by atoms with Crippen LogP contribution in [0, 0.1) is 0 Å². The van der Waals surface area contributed by atoms with Crippen LogP contribution in [-0.4, -0.2) is 63.3 Å². The van der Waals surface area contributed by atoms with Crippen molar-refractivity contribution in [2.24, 2.45) is 0 Å². The molecule has 114 valence electrons. The lowest BCUT2D eigenvalue weighted by Gasteiger charge is -2.27. The van der Waals surface area contributed by atoms with Crippen molar-refractivity contribution >= 4 is 18.3 Å². The second-order valence-electron chi connectivity index (χ2n) is 4.70. The van der Waals surface area contributed by atoms with Gasteiger partial charge >= 0.3 is 0 Å². The predicted molar refractivity (Wildman–Crippen MR) is 79.9 cm³/mol. The summed E-state index contributed by atoms with van der Waals surface area (Å²) in [6.45, 7) is 9.22. The lowest BCUT2D eigenvalue weighted by atomic mass is 10.3. The molecular weight excluding hydrogens is 266 g/mol. The molecule has 19 heavy (non-hydrogen) atoms. The van der Waals surface area contributed by atoms with Gasteiger partial charge in [-0.05, 0) is 19.4 Å². The van der Waals surface area contributed by atoms with Crippen LogP contribution in [0.2, 0.25) is 0 Å². The summed E-state index contributed by atoms with van der Waals surface area (Å²) in [7, 11) is 0. The number of rotatable bonds is 9. The molecule has 0 spiro atoms. The Labute approximate surface area is 122 Å². The molecule has 1 aliphatic heterocycles. The number of nitrogens with one attached hydrogen (secondary N) is 2. The topological polar surface area (TPSA) is 53.6 Å². The first-order valence-electron chi connectivity index (χ1n) is 7.10. The number of nitrogens with zero attached hydrogens (tertiary/aromatic N) is 1. The molecule has 0 aromatic rings. The van der Waals surface area contributed by atoms with Gasteiger partial charge in [-0.15, -0.1) is 12.4 Å². The minimum absolute atomic E-state index is 0. The van der Waals surface area contributed by atoms with Gasteiger partial charge in [-0.3, -0.25) is 4.79 Å². The maximum absolute atomic E-state index is 11.4. The molecule has 0 atom stereocenters. The van der Waals surface area contributed by atoms with Gasteiger partial charge in [-0.1, -0.05) is 13.3 Å². The van der Waals surface area contributed by atoms with Crippen LogP contribution in [-0.2, 0) is 9.53 Å². The zero-order valence-electron chi connectivity index (χ0n) is 12.0. The van der Waals surface area contributed by atoms with Crippen LogP contribution in [0.5, 0.6) is 0 Å². The Kier molecular flexibility index (Phi) is 12.4. The van der Waals surface area contributed by atoms with E-state index in [1.165, 1.54) is 0 Å². The monoisotopic (exact) mass is 293 g/mol. The first-order chi connectivity index (χ1) is 8.83. The van der Waals surface area contributed by atoms with Gasteiger partial charge in [-0.2, -0.15) is 0 Å². The minimum Gasteiger partial charge on any atom is -0.372 e. The number of hydrogen-bond donors (Lipinski definition) is 2. The van der Waals surface area contributed by atoms with E-state index < -0.39 is 0 Å². The van der Waals surface area contributed by atoms with Gasteiger partial charge < -0.3 is 20.3 Å². The van der Waals surface area contributed by atoms with Gasteiger partial charge in [0.1, 0.15) is 6.61 Å². The van der Waals surface area contributed by atoms with Crippen LogP contribution in [0.15, 0.2) is 0 Å². The number of ether oxygens (including phenoxy) is 1. The molecule has 1 fully saturated rings. The molecule has 0 aromatic carbocycles. The first kappa shape index (κ1) is 18.6. The number of amides is 1. The van der Waals surface area contributed by atoms with E-state index >= 15 is 0 Å². The molecule has 0 bridgehead atoms. The average Bonchev–Trinajstić information content (AvgIpc) is 2.41. The molecule has 0 radical (unpaired) electrons. The zero-order chi connectivity index (χ0) is 13.1. The maximum Gasteiger partial charge on any atom is 0.245 e. The van der Waals surface area contributed by atoms with Crippen molar-refractivity contribution in [1.29, 1.82) is 0 Å². The Morgan fingerprint density at radius 3 is 2.74 bits per heavy atom. The minimum atomic E-state index is 0. The van der Waals surface area contributed by atoms with Crippen LogP contribution >= 0.6 is 12.4 Å². The fourth-order valence-electron chi connectivity index (χ4n) is 1.93. The fourth-order valence-corrected chi connectivity index (χ4v) is 1.93. The molecule has 5 nitrogen and oxygen atoms in total. The zero-order valence-corrected chi connectivity index (χ0v) is 12.8. The highest BCUT2D eigenvalue weighted by molar-refractivity contribution is 5.85.